The highest BCUT2D eigenvalue weighted by atomic mass is 79.9. The van der Waals surface area contributed by atoms with Gasteiger partial charge in [-0.05, 0) is 54.1 Å². The monoisotopic (exact) mass is 766 g/mol. The Morgan fingerprint density at radius 2 is 1.25 bits per heavy atom. The lowest BCUT2D eigenvalue weighted by molar-refractivity contribution is -0.0650. The maximum absolute atomic E-state index is 14.2. The Bertz CT molecular complexity index is 2330. The second-order valence-electron chi connectivity index (χ2n) is 11.5. The van der Waals surface area contributed by atoms with Crippen molar-refractivity contribution >= 4 is 55.4 Å². The van der Waals surface area contributed by atoms with Gasteiger partial charge in [-0.1, -0.05) is 82.7 Å². The lowest BCUT2D eigenvalue weighted by Gasteiger charge is -2.24. The van der Waals surface area contributed by atoms with Gasteiger partial charge in [0.25, 0.3) is 5.56 Å². The van der Waals surface area contributed by atoms with Crippen molar-refractivity contribution in [1.29, 1.82) is 0 Å². The Balaban J connectivity index is 1.30. The van der Waals surface area contributed by atoms with E-state index in [2.05, 4.69) is 20.9 Å². The van der Waals surface area contributed by atoms with E-state index in [0.717, 1.165) is 25.9 Å². The highest BCUT2D eigenvalue weighted by Gasteiger charge is 2.52. The van der Waals surface area contributed by atoms with E-state index in [4.69, 9.17) is 18.9 Å². The van der Waals surface area contributed by atoms with Crippen molar-refractivity contribution in [3.8, 4) is 11.1 Å². The van der Waals surface area contributed by atoms with Gasteiger partial charge >= 0.3 is 23.6 Å². The number of halogens is 1. The number of H-pyrrole nitrogens is 1. The number of aromatic nitrogens is 2. The molecular weight excluding hydrogens is 740 g/mol. The fraction of sp³-hybridized carbons (Fsp3) is 0.132. The molecule has 3 heterocycles. The topological polar surface area (TPSA) is 143 Å². The number of carbonyl (C=O) groups is 3. The minimum absolute atomic E-state index is 0.164. The van der Waals surface area contributed by atoms with Gasteiger partial charge in [-0.15, -0.1) is 11.3 Å². The molecule has 2 aromatic heterocycles. The van der Waals surface area contributed by atoms with Gasteiger partial charge in [0, 0.05) is 15.4 Å². The second kappa shape index (κ2) is 14.7. The third-order valence-electron chi connectivity index (χ3n) is 8.24. The molecule has 1 N–H and O–H groups in total. The van der Waals surface area contributed by atoms with Crippen LogP contribution in [-0.4, -0.2) is 52.4 Å². The zero-order valence-corrected chi connectivity index (χ0v) is 28.9. The fourth-order valence-electron chi connectivity index (χ4n) is 5.75. The number of aromatic amines is 1. The van der Waals surface area contributed by atoms with Crippen LogP contribution >= 0.6 is 27.3 Å². The van der Waals surface area contributed by atoms with Crippen LogP contribution < -0.4 is 11.2 Å². The Labute approximate surface area is 302 Å². The van der Waals surface area contributed by atoms with Gasteiger partial charge in [-0.3, -0.25) is 4.79 Å². The lowest BCUT2D eigenvalue weighted by atomic mass is 10.1. The molecule has 4 atom stereocenters. The summed E-state index contributed by atoms with van der Waals surface area (Å²) in [6.45, 7) is -0.474. The minimum atomic E-state index is -1.59. The van der Waals surface area contributed by atoms with Crippen LogP contribution in [-0.2, 0) is 18.9 Å². The van der Waals surface area contributed by atoms with E-state index < -0.39 is 60.3 Å². The number of hydrogen-bond donors (Lipinski definition) is 1. The molecule has 1 aliphatic heterocycles. The highest BCUT2D eigenvalue weighted by molar-refractivity contribution is 9.10. The summed E-state index contributed by atoms with van der Waals surface area (Å²) in [6, 6.07) is 31.7. The molecule has 0 spiro atoms. The normalized spacial score (nSPS) is 18.3. The molecule has 0 radical (unpaired) electrons. The van der Waals surface area contributed by atoms with Gasteiger partial charge in [-0.2, -0.15) is 0 Å². The molecule has 51 heavy (non-hydrogen) atoms. The van der Waals surface area contributed by atoms with E-state index in [0.29, 0.717) is 11.1 Å². The largest absolute Gasteiger partial charge is 0.459 e. The van der Waals surface area contributed by atoms with Crippen molar-refractivity contribution < 1.29 is 33.3 Å². The van der Waals surface area contributed by atoms with E-state index in [-0.39, 0.29) is 21.4 Å². The number of thiophene rings is 1. The molecule has 0 aliphatic carbocycles. The van der Waals surface area contributed by atoms with Crippen LogP contribution in [0.4, 0.5) is 0 Å². The van der Waals surface area contributed by atoms with Gasteiger partial charge < -0.3 is 23.9 Å². The van der Waals surface area contributed by atoms with E-state index >= 15 is 0 Å². The van der Waals surface area contributed by atoms with Crippen molar-refractivity contribution in [1.82, 2.24) is 9.55 Å². The highest BCUT2D eigenvalue weighted by Crippen LogP contribution is 2.36. The van der Waals surface area contributed by atoms with Gasteiger partial charge in [0.05, 0.1) is 22.2 Å². The zero-order valence-electron chi connectivity index (χ0n) is 26.5. The molecule has 1 fully saturated rings. The number of benzene rings is 4. The fourth-order valence-corrected chi connectivity index (χ4v) is 6.98. The molecule has 0 saturated carbocycles. The molecule has 1 saturated heterocycles. The standard InChI is InChI=1S/C38H27BrN2O9S/c39-26-18-16-22(17-19-26)27-21-51-32-29(27)40-38(46)41(33(32)42)34-31(50-37(45)25-14-8-3-9-15-25)30(49-36(44)24-12-6-2-7-13-24)28(48-34)20-47-35(43)23-10-4-1-5-11-23/h1-19,21,28,30-31,34H,20H2,(H,40,46)/t28-,30-,31-,34-/m1/s1. The van der Waals surface area contributed by atoms with Crippen molar-refractivity contribution in [2.24, 2.45) is 0 Å². The summed E-state index contributed by atoms with van der Waals surface area (Å²) in [7, 11) is 0. The number of hydrogen-bond acceptors (Lipinski definition) is 10. The Hall–Kier alpha value is -5.63. The molecule has 0 bridgehead atoms. The maximum Gasteiger partial charge on any atom is 0.338 e. The number of nitrogens with one attached hydrogen (secondary N) is 1. The predicted molar refractivity (Wildman–Crippen MR) is 192 cm³/mol. The van der Waals surface area contributed by atoms with Gasteiger partial charge in [0.2, 0.25) is 0 Å². The molecule has 6 aromatic rings. The maximum atomic E-state index is 14.2. The first-order valence-corrected chi connectivity index (χ1v) is 17.4. The molecule has 4 aromatic carbocycles. The number of esters is 3. The average molecular weight is 768 g/mol. The summed E-state index contributed by atoms with van der Waals surface area (Å²) >= 11 is 4.54. The molecular formula is C38H27BrN2O9S. The van der Waals surface area contributed by atoms with Gasteiger partial charge in [-0.25, -0.2) is 23.7 Å². The summed E-state index contributed by atoms with van der Waals surface area (Å²) in [5.41, 5.74) is 0.773. The minimum Gasteiger partial charge on any atom is -0.459 e. The molecule has 256 valence electrons. The molecule has 7 rings (SSSR count). The van der Waals surface area contributed by atoms with Gasteiger partial charge in [0.15, 0.2) is 18.4 Å². The summed E-state index contributed by atoms with van der Waals surface area (Å²) < 4.78 is 25.6. The number of rotatable bonds is 9. The Morgan fingerprint density at radius 3 is 1.82 bits per heavy atom. The van der Waals surface area contributed by atoms with Crippen LogP contribution in [0.25, 0.3) is 21.3 Å². The van der Waals surface area contributed by atoms with Crippen molar-refractivity contribution in [2.75, 3.05) is 6.61 Å². The lowest BCUT2D eigenvalue weighted by Crippen LogP contribution is -2.45. The first-order valence-electron chi connectivity index (χ1n) is 15.7. The van der Waals surface area contributed by atoms with Gasteiger partial charge in [0.1, 0.15) is 17.4 Å². The number of fused-ring (bicyclic) bond motifs is 1. The summed E-state index contributed by atoms with van der Waals surface area (Å²) in [5, 5.41) is 1.76. The molecule has 11 nitrogen and oxygen atoms in total. The van der Waals surface area contributed by atoms with Crippen molar-refractivity contribution in [3.63, 3.8) is 0 Å². The zero-order chi connectivity index (χ0) is 35.5. The van der Waals surface area contributed by atoms with Crippen molar-refractivity contribution in [3.05, 3.63) is 163 Å². The molecule has 1 aliphatic rings. The molecule has 0 amide bonds. The van der Waals surface area contributed by atoms with E-state index in [1.165, 1.54) is 24.3 Å². The van der Waals surface area contributed by atoms with E-state index in [1.807, 2.05) is 24.3 Å². The Kier molecular flexibility index (Phi) is 9.75. The predicted octanol–water partition coefficient (Wildman–Crippen LogP) is 6.39. The second-order valence-corrected chi connectivity index (χ2v) is 13.3. The van der Waals surface area contributed by atoms with E-state index in [9.17, 15) is 24.0 Å². The smallest absolute Gasteiger partial charge is 0.338 e. The van der Waals surface area contributed by atoms with E-state index in [1.54, 1.807) is 72.1 Å². The molecule has 13 heteroatoms. The molecule has 0 unspecified atom stereocenters. The van der Waals surface area contributed by atoms with Crippen LogP contribution in [0.1, 0.15) is 37.3 Å². The van der Waals surface area contributed by atoms with Crippen LogP contribution in [0.5, 0.6) is 0 Å². The number of ether oxygens (including phenoxy) is 4. The SMILES string of the molecule is O=C(OC[C@H]1O[C@@H](n2c(=O)[nH]c3c(-c4ccc(Br)cc4)csc3c2=O)[C@H](OC(=O)c2ccccc2)[C@@H]1OC(=O)c1ccccc1)c1ccccc1. The number of nitrogens with zero attached hydrogens (tertiary/aromatic N) is 1. The third kappa shape index (κ3) is 7.04. The van der Waals surface area contributed by atoms with Crippen LogP contribution in [0, 0.1) is 0 Å². The Morgan fingerprint density at radius 1 is 0.725 bits per heavy atom. The van der Waals surface area contributed by atoms with Crippen LogP contribution in [0.15, 0.2) is 135 Å². The average Bonchev–Trinajstić information content (AvgIpc) is 3.73. The van der Waals surface area contributed by atoms with Crippen LogP contribution in [0.2, 0.25) is 0 Å². The van der Waals surface area contributed by atoms with Crippen molar-refractivity contribution in [2.45, 2.75) is 24.5 Å². The quantitative estimate of drug-likeness (QED) is 0.131. The van der Waals surface area contributed by atoms with Crippen LogP contribution in [0.3, 0.4) is 0 Å². The third-order valence-corrected chi connectivity index (χ3v) is 9.74. The first-order chi connectivity index (χ1) is 24.8. The first kappa shape index (κ1) is 33.8. The summed E-state index contributed by atoms with van der Waals surface area (Å²) in [4.78, 5) is 70.8. The summed E-state index contributed by atoms with van der Waals surface area (Å²) in [5.74, 6) is -2.31. The number of carbonyl (C=O) groups excluding carboxylic acids is 3. The summed E-state index contributed by atoms with van der Waals surface area (Å²) in [6.07, 6.45) is -5.83.